The van der Waals surface area contributed by atoms with Gasteiger partial charge in [-0.05, 0) is 18.2 Å². The molecule has 0 heterocycles. The summed E-state index contributed by atoms with van der Waals surface area (Å²) in [6.07, 6.45) is 0. The zero-order chi connectivity index (χ0) is 15.0. The molecule has 0 aliphatic rings. The van der Waals surface area contributed by atoms with Crippen molar-refractivity contribution >= 4 is 23.5 Å². The quantitative estimate of drug-likeness (QED) is 0.783. The monoisotopic (exact) mass is 301 g/mol. The number of benzene rings is 1. The molecule has 0 bridgehead atoms. The van der Waals surface area contributed by atoms with Gasteiger partial charge in [0.1, 0.15) is 12.3 Å². The number of aliphatic carboxylic acids is 1. The van der Waals surface area contributed by atoms with E-state index >= 15 is 0 Å². The highest BCUT2D eigenvalue weighted by atomic mass is 35.5. The molecule has 6 nitrogen and oxygen atoms in total. The number of carboxylic acids is 1. The van der Waals surface area contributed by atoms with Gasteiger partial charge in [0.15, 0.2) is 6.61 Å². The van der Waals surface area contributed by atoms with Gasteiger partial charge in [-0.3, -0.25) is 9.59 Å². The third-order valence-corrected chi connectivity index (χ3v) is 2.64. The minimum Gasteiger partial charge on any atom is -0.484 e. The average Bonchev–Trinajstić information content (AvgIpc) is 2.40. The highest BCUT2D eigenvalue weighted by molar-refractivity contribution is 6.30. The minimum absolute atomic E-state index is 0.195. The van der Waals surface area contributed by atoms with E-state index in [2.05, 4.69) is 0 Å². The lowest BCUT2D eigenvalue weighted by Gasteiger charge is -2.20. The van der Waals surface area contributed by atoms with E-state index in [1.807, 2.05) is 0 Å². The van der Waals surface area contributed by atoms with Crippen LogP contribution in [0, 0.1) is 0 Å². The summed E-state index contributed by atoms with van der Waals surface area (Å²) in [5.41, 5.74) is 0. The number of amides is 1. The number of rotatable bonds is 8. The molecule has 0 fully saturated rings. The Kier molecular flexibility index (Phi) is 6.83. The number of carboxylic acid groups (broad SMARTS) is 1. The number of ether oxygens (including phenoxy) is 2. The third kappa shape index (κ3) is 5.90. The molecule has 0 radical (unpaired) electrons. The molecule has 0 aliphatic heterocycles. The van der Waals surface area contributed by atoms with Crippen molar-refractivity contribution in [2.75, 3.05) is 33.4 Å². The van der Waals surface area contributed by atoms with E-state index in [-0.39, 0.29) is 26.3 Å². The first-order chi connectivity index (χ1) is 9.52. The van der Waals surface area contributed by atoms with Crippen molar-refractivity contribution in [2.24, 2.45) is 0 Å². The summed E-state index contributed by atoms with van der Waals surface area (Å²) in [7, 11) is 1.48. The number of carbonyl (C=O) groups excluding carboxylic acids is 1. The number of hydrogen-bond donors (Lipinski definition) is 1. The molecule has 0 aliphatic carbocycles. The summed E-state index contributed by atoms with van der Waals surface area (Å²) in [6, 6.07) is 6.62. The van der Waals surface area contributed by atoms with Crippen molar-refractivity contribution in [2.45, 2.75) is 0 Å². The van der Waals surface area contributed by atoms with Gasteiger partial charge in [-0.1, -0.05) is 17.7 Å². The van der Waals surface area contributed by atoms with Crippen LogP contribution in [-0.4, -0.2) is 55.3 Å². The number of hydrogen-bond acceptors (Lipinski definition) is 4. The number of nitrogens with zero attached hydrogens (tertiary/aromatic N) is 1. The molecule has 0 spiro atoms. The molecule has 0 saturated carbocycles. The molecular formula is C13H16ClNO5. The Balaban J connectivity index is 2.54. The van der Waals surface area contributed by atoms with Crippen LogP contribution in [-0.2, 0) is 14.3 Å². The molecule has 7 heteroatoms. The molecule has 0 saturated heterocycles. The van der Waals surface area contributed by atoms with Crippen LogP contribution in [0.3, 0.4) is 0 Å². The number of carbonyl (C=O) groups is 2. The maximum Gasteiger partial charge on any atom is 0.323 e. The molecule has 1 aromatic carbocycles. The Hall–Kier alpha value is -1.79. The summed E-state index contributed by atoms with van der Waals surface area (Å²) >= 11 is 5.79. The smallest absolute Gasteiger partial charge is 0.323 e. The lowest BCUT2D eigenvalue weighted by molar-refractivity contribution is -0.145. The van der Waals surface area contributed by atoms with E-state index in [1.54, 1.807) is 24.3 Å². The van der Waals surface area contributed by atoms with Gasteiger partial charge in [0, 0.05) is 18.7 Å². The maximum atomic E-state index is 11.9. The van der Waals surface area contributed by atoms with Crippen LogP contribution in [0.5, 0.6) is 5.75 Å². The second kappa shape index (κ2) is 8.39. The Morgan fingerprint density at radius 2 is 2.15 bits per heavy atom. The van der Waals surface area contributed by atoms with E-state index in [0.717, 1.165) is 4.90 Å². The van der Waals surface area contributed by atoms with Gasteiger partial charge in [0.2, 0.25) is 0 Å². The Morgan fingerprint density at radius 1 is 1.40 bits per heavy atom. The average molecular weight is 302 g/mol. The van der Waals surface area contributed by atoms with Crippen LogP contribution in [0.15, 0.2) is 24.3 Å². The van der Waals surface area contributed by atoms with E-state index < -0.39 is 11.9 Å². The van der Waals surface area contributed by atoms with Crippen molar-refractivity contribution in [3.8, 4) is 5.75 Å². The molecule has 1 rings (SSSR count). The fraction of sp³-hybridized carbons (Fsp3) is 0.385. The first-order valence-electron chi connectivity index (χ1n) is 5.90. The van der Waals surface area contributed by atoms with Gasteiger partial charge < -0.3 is 19.5 Å². The predicted molar refractivity (Wildman–Crippen MR) is 73.0 cm³/mol. The van der Waals surface area contributed by atoms with E-state index in [0.29, 0.717) is 10.8 Å². The van der Waals surface area contributed by atoms with Crippen LogP contribution in [0.4, 0.5) is 0 Å². The summed E-state index contributed by atoms with van der Waals surface area (Å²) in [4.78, 5) is 23.8. The topological polar surface area (TPSA) is 76.1 Å². The summed E-state index contributed by atoms with van der Waals surface area (Å²) in [5, 5.41) is 9.26. The second-order valence-electron chi connectivity index (χ2n) is 3.95. The SMILES string of the molecule is COCCN(CC(=O)O)C(=O)COc1cccc(Cl)c1. The molecule has 20 heavy (non-hydrogen) atoms. The second-order valence-corrected chi connectivity index (χ2v) is 4.38. The fourth-order valence-corrected chi connectivity index (χ4v) is 1.63. The van der Waals surface area contributed by atoms with E-state index in [1.165, 1.54) is 7.11 Å². The van der Waals surface area contributed by atoms with Gasteiger partial charge in [-0.25, -0.2) is 0 Å². The van der Waals surface area contributed by atoms with Crippen LogP contribution in [0.25, 0.3) is 0 Å². The molecule has 1 amide bonds. The minimum atomic E-state index is -1.09. The normalized spacial score (nSPS) is 10.1. The van der Waals surface area contributed by atoms with Gasteiger partial charge >= 0.3 is 5.97 Å². The molecule has 1 N–H and O–H groups in total. The summed E-state index contributed by atoms with van der Waals surface area (Å²) < 4.78 is 10.1. The van der Waals surface area contributed by atoms with Crippen LogP contribution in [0.2, 0.25) is 5.02 Å². The van der Waals surface area contributed by atoms with Crippen LogP contribution < -0.4 is 4.74 Å². The fourth-order valence-electron chi connectivity index (χ4n) is 1.45. The van der Waals surface area contributed by atoms with Crippen molar-refractivity contribution in [3.05, 3.63) is 29.3 Å². The predicted octanol–water partition coefficient (Wildman–Crippen LogP) is 1.28. The molecule has 1 aromatic rings. The van der Waals surface area contributed by atoms with Gasteiger partial charge in [0.25, 0.3) is 5.91 Å². The Bertz CT molecular complexity index is 466. The van der Waals surface area contributed by atoms with Crippen molar-refractivity contribution in [3.63, 3.8) is 0 Å². The Labute approximate surface area is 121 Å². The standard InChI is InChI=1S/C13H16ClNO5/c1-19-6-5-15(8-13(17)18)12(16)9-20-11-4-2-3-10(14)7-11/h2-4,7H,5-6,8-9H2,1H3,(H,17,18). The van der Waals surface area contributed by atoms with Gasteiger partial charge in [-0.2, -0.15) is 0 Å². The third-order valence-electron chi connectivity index (χ3n) is 2.40. The van der Waals surface area contributed by atoms with E-state index in [4.69, 9.17) is 26.2 Å². The van der Waals surface area contributed by atoms with Gasteiger partial charge in [-0.15, -0.1) is 0 Å². The lowest BCUT2D eigenvalue weighted by Crippen LogP contribution is -2.40. The molecule has 0 aromatic heterocycles. The van der Waals surface area contributed by atoms with Gasteiger partial charge in [0.05, 0.1) is 6.61 Å². The Morgan fingerprint density at radius 3 is 2.75 bits per heavy atom. The zero-order valence-electron chi connectivity index (χ0n) is 11.0. The highest BCUT2D eigenvalue weighted by Crippen LogP contribution is 2.17. The summed E-state index contributed by atoms with van der Waals surface area (Å²) in [5.74, 6) is -1.06. The maximum absolute atomic E-state index is 11.9. The first kappa shape index (κ1) is 16.3. The molecule has 0 atom stereocenters. The van der Waals surface area contributed by atoms with Crippen LogP contribution in [0.1, 0.15) is 0 Å². The molecule has 0 unspecified atom stereocenters. The largest absolute Gasteiger partial charge is 0.484 e. The molecule has 110 valence electrons. The van der Waals surface area contributed by atoms with Crippen LogP contribution >= 0.6 is 11.6 Å². The van der Waals surface area contributed by atoms with E-state index in [9.17, 15) is 9.59 Å². The first-order valence-corrected chi connectivity index (χ1v) is 6.27. The van der Waals surface area contributed by atoms with Crippen molar-refractivity contribution < 1.29 is 24.2 Å². The highest BCUT2D eigenvalue weighted by Gasteiger charge is 2.17. The summed E-state index contributed by atoms with van der Waals surface area (Å²) in [6.45, 7) is -0.185. The number of methoxy groups -OCH3 is 1. The zero-order valence-corrected chi connectivity index (χ0v) is 11.8. The molecular weight excluding hydrogens is 286 g/mol. The van der Waals surface area contributed by atoms with Crippen molar-refractivity contribution in [1.82, 2.24) is 4.90 Å². The lowest BCUT2D eigenvalue weighted by atomic mass is 10.3. The number of halogens is 1. The van der Waals surface area contributed by atoms with Crippen molar-refractivity contribution in [1.29, 1.82) is 0 Å².